The smallest absolute Gasteiger partial charge is 0.449 e. The number of hydrogen-bond acceptors (Lipinski definition) is 8. The van der Waals surface area contributed by atoms with Gasteiger partial charge in [-0.3, -0.25) is 14.4 Å². The summed E-state index contributed by atoms with van der Waals surface area (Å²) in [6.07, 6.45) is 1.66. The van der Waals surface area contributed by atoms with Gasteiger partial charge in [0.2, 0.25) is 0 Å². The van der Waals surface area contributed by atoms with Crippen molar-refractivity contribution in [3.8, 4) is 0 Å². The van der Waals surface area contributed by atoms with E-state index in [4.69, 9.17) is 5.73 Å². The van der Waals surface area contributed by atoms with Gasteiger partial charge in [0.15, 0.2) is 5.78 Å². The summed E-state index contributed by atoms with van der Waals surface area (Å²) in [6.45, 7) is 1.39. The van der Waals surface area contributed by atoms with Crippen molar-refractivity contribution in [2.24, 2.45) is 5.73 Å². The monoisotopic (exact) mass is 587 g/mol. The summed E-state index contributed by atoms with van der Waals surface area (Å²) in [6, 6.07) is 5.93. The second-order valence-corrected chi connectivity index (χ2v) is 10.6. The number of benzene rings is 2. The largest absolute Gasteiger partial charge is 0.491 e. The minimum absolute atomic E-state index is 0.00759. The number of unbranched alkanes of at least 4 members (excludes halogenated alkanes) is 1. The fourth-order valence-corrected chi connectivity index (χ4v) is 5.21. The number of hydrogen-bond donors (Lipinski definition) is 6. The Bertz CT molecular complexity index is 1260. The predicted octanol–water partition coefficient (Wildman–Crippen LogP) is -0.755. The van der Waals surface area contributed by atoms with Crippen LogP contribution < -0.4 is 22.0 Å². The topological polar surface area (TPSA) is 173 Å². The number of aliphatic hydroxyl groups excluding tert-OH is 1. The maximum atomic E-state index is 15.1. The molecule has 2 amide bonds. The van der Waals surface area contributed by atoms with Crippen LogP contribution in [0.15, 0.2) is 36.4 Å². The molecule has 0 heterocycles. The Balaban J connectivity index is 1.78. The van der Waals surface area contributed by atoms with Gasteiger partial charge in [-0.05, 0) is 49.7 Å². The number of rotatable bonds is 13. The average molecular weight is 587 g/mol. The van der Waals surface area contributed by atoms with E-state index in [-0.39, 0.29) is 17.1 Å². The van der Waals surface area contributed by atoms with E-state index in [1.807, 2.05) is 6.92 Å². The molecule has 0 saturated heterocycles. The van der Waals surface area contributed by atoms with Gasteiger partial charge in [-0.1, -0.05) is 44.0 Å². The molecule has 2 atom stereocenters. The molecule has 42 heavy (non-hydrogen) atoms. The van der Waals surface area contributed by atoms with Gasteiger partial charge >= 0.3 is 14.6 Å². The highest BCUT2D eigenvalue weighted by Gasteiger charge is 2.35. The van der Waals surface area contributed by atoms with Gasteiger partial charge in [-0.15, -0.1) is 0 Å². The van der Waals surface area contributed by atoms with Crippen LogP contribution in [0.3, 0.4) is 0 Å². The molecule has 226 valence electrons. The zero-order valence-electron chi connectivity index (χ0n) is 23.5. The SMILES string of the molecule is CCCC[C@H](N)[C@@H](O)C(=O)CN(C(=O)c1cccc(B(O)O)c1F)C1CCC(NC(=O)c2cccc(BO)c2F)CC1. The summed E-state index contributed by atoms with van der Waals surface area (Å²) >= 11 is 0. The molecule has 0 aliphatic heterocycles. The molecule has 0 spiro atoms. The summed E-state index contributed by atoms with van der Waals surface area (Å²) in [5.41, 5.74) is 4.81. The van der Waals surface area contributed by atoms with Crippen LogP contribution in [0, 0.1) is 11.6 Å². The predicted molar refractivity (Wildman–Crippen MR) is 155 cm³/mol. The van der Waals surface area contributed by atoms with Gasteiger partial charge in [0.25, 0.3) is 11.8 Å². The Morgan fingerprint density at radius 3 is 2.33 bits per heavy atom. The van der Waals surface area contributed by atoms with Crippen LogP contribution in [0.2, 0.25) is 0 Å². The van der Waals surface area contributed by atoms with Crippen LogP contribution in [0.4, 0.5) is 8.78 Å². The Morgan fingerprint density at radius 1 is 1.07 bits per heavy atom. The summed E-state index contributed by atoms with van der Waals surface area (Å²) in [5, 5.41) is 41.6. The first-order valence-electron chi connectivity index (χ1n) is 14.1. The molecule has 0 unspecified atom stereocenters. The number of halogens is 2. The first-order valence-corrected chi connectivity index (χ1v) is 14.1. The van der Waals surface area contributed by atoms with Crippen LogP contribution in [0.1, 0.15) is 72.6 Å². The molecule has 7 N–H and O–H groups in total. The van der Waals surface area contributed by atoms with E-state index in [1.165, 1.54) is 30.3 Å². The fraction of sp³-hybridized carbons (Fsp3) is 0.464. The van der Waals surface area contributed by atoms with Crippen LogP contribution in [-0.4, -0.2) is 88.1 Å². The van der Waals surface area contributed by atoms with Crippen molar-refractivity contribution in [1.82, 2.24) is 10.2 Å². The standard InChI is InChI=1S/C28H37B2F2N3O7/c1-2-3-10-22(33)26(37)23(36)15-35(28(39)19-7-5-9-21(25(19)32)30(41)42)17-13-11-16(12-14-17)34-27(38)18-6-4-8-20(29-40)24(18)31/h4-9,16-17,22,26,29,37,40-42H,2-3,10-15,33H2,1H3,(H,34,38)/t16?,17?,22-,26+/m0/s1. The summed E-state index contributed by atoms with van der Waals surface area (Å²) in [7, 11) is -2.72. The maximum absolute atomic E-state index is 15.1. The number of aliphatic hydroxyl groups is 1. The number of Topliss-reactive ketones (excluding diaryl/α,β-unsaturated/α-hetero) is 1. The number of nitrogens with two attached hydrogens (primary N) is 1. The van der Waals surface area contributed by atoms with Gasteiger partial charge in [0.05, 0.1) is 17.7 Å². The molecule has 2 aromatic rings. The van der Waals surface area contributed by atoms with E-state index in [0.29, 0.717) is 38.5 Å². The molecule has 1 saturated carbocycles. The molecular formula is C28H37B2F2N3O7. The van der Waals surface area contributed by atoms with Crippen molar-refractivity contribution >= 4 is 43.1 Å². The van der Waals surface area contributed by atoms with Gasteiger partial charge in [0.1, 0.15) is 17.7 Å². The van der Waals surface area contributed by atoms with Crippen LogP contribution >= 0.6 is 0 Å². The summed E-state index contributed by atoms with van der Waals surface area (Å²) < 4.78 is 29.6. The molecule has 1 aliphatic rings. The van der Waals surface area contributed by atoms with Crippen LogP contribution in [0.25, 0.3) is 0 Å². The molecule has 10 nitrogen and oxygen atoms in total. The highest BCUT2D eigenvalue weighted by Crippen LogP contribution is 2.26. The summed E-state index contributed by atoms with van der Waals surface area (Å²) in [5.74, 6) is -4.17. The highest BCUT2D eigenvalue weighted by molar-refractivity contribution is 6.58. The minimum Gasteiger partial charge on any atom is -0.449 e. The van der Waals surface area contributed by atoms with E-state index in [0.717, 1.165) is 17.4 Å². The lowest BCUT2D eigenvalue weighted by Gasteiger charge is -2.37. The number of carbonyl (C=O) groups excluding carboxylic acids is 3. The average Bonchev–Trinajstić information content (AvgIpc) is 2.98. The lowest BCUT2D eigenvalue weighted by Crippen LogP contribution is -2.52. The second kappa shape index (κ2) is 15.4. The van der Waals surface area contributed by atoms with E-state index in [9.17, 15) is 39.0 Å². The van der Waals surface area contributed by atoms with E-state index < -0.39 is 79.6 Å². The fourth-order valence-electron chi connectivity index (χ4n) is 5.21. The van der Waals surface area contributed by atoms with E-state index in [2.05, 4.69) is 5.32 Å². The number of ketones is 1. The van der Waals surface area contributed by atoms with Gasteiger partial charge in [-0.2, -0.15) is 0 Å². The van der Waals surface area contributed by atoms with Crippen LogP contribution in [0.5, 0.6) is 0 Å². The third-order valence-corrected chi connectivity index (χ3v) is 7.72. The Kier molecular flexibility index (Phi) is 12.2. The number of carbonyl (C=O) groups is 3. The Hall–Kier alpha value is -3.16. The van der Waals surface area contributed by atoms with Crippen molar-refractivity contribution in [2.75, 3.05) is 6.54 Å². The molecule has 14 heteroatoms. The lowest BCUT2D eigenvalue weighted by atomic mass is 9.79. The van der Waals surface area contributed by atoms with Crippen molar-refractivity contribution in [3.63, 3.8) is 0 Å². The van der Waals surface area contributed by atoms with Crippen molar-refractivity contribution in [2.45, 2.75) is 76.1 Å². The highest BCUT2D eigenvalue weighted by atomic mass is 19.1. The molecule has 0 aromatic heterocycles. The zero-order valence-corrected chi connectivity index (χ0v) is 23.5. The number of nitrogens with zero attached hydrogens (tertiary/aromatic N) is 1. The first-order chi connectivity index (χ1) is 20.0. The number of nitrogens with one attached hydrogen (secondary N) is 1. The van der Waals surface area contributed by atoms with Crippen LogP contribution in [-0.2, 0) is 4.79 Å². The first kappa shape index (κ1) is 33.3. The van der Waals surface area contributed by atoms with Gasteiger partial charge < -0.3 is 36.1 Å². The molecule has 2 aromatic carbocycles. The Labute approximate surface area is 244 Å². The normalized spacial score (nSPS) is 18.1. The van der Waals surface area contributed by atoms with Gasteiger partial charge in [-0.25, -0.2) is 8.78 Å². The Morgan fingerprint density at radius 2 is 1.71 bits per heavy atom. The molecule has 0 radical (unpaired) electrons. The van der Waals surface area contributed by atoms with Crippen molar-refractivity contribution < 1.29 is 43.3 Å². The minimum atomic E-state index is -2.16. The van der Waals surface area contributed by atoms with Crippen molar-refractivity contribution in [1.29, 1.82) is 0 Å². The van der Waals surface area contributed by atoms with E-state index >= 15 is 4.39 Å². The molecule has 1 aliphatic carbocycles. The molecule has 1 fully saturated rings. The third-order valence-electron chi connectivity index (χ3n) is 7.72. The van der Waals surface area contributed by atoms with E-state index in [1.54, 1.807) is 0 Å². The maximum Gasteiger partial charge on any atom is 0.491 e. The number of amides is 2. The zero-order chi connectivity index (χ0) is 31.0. The molecule has 3 rings (SSSR count). The molecular weight excluding hydrogens is 550 g/mol. The van der Waals surface area contributed by atoms with Gasteiger partial charge in [0, 0.05) is 23.6 Å². The third kappa shape index (κ3) is 8.01. The van der Waals surface area contributed by atoms with Crippen molar-refractivity contribution in [3.05, 3.63) is 59.2 Å². The second-order valence-electron chi connectivity index (χ2n) is 10.6. The molecule has 0 bridgehead atoms. The lowest BCUT2D eigenvalue weighted by molar-refractivity contribution is -0.129. The quantitative estimate of drug-likeness (QED) is 0.166. The summed E-state index contributed by atoms with van der Waals surface area (Å²) in [4.78, 5) is 40.5.